The topological polar surface area (TPSA) is 61.9 Å². The first-order valence-electron chi connectivity index (χ1n) is 9.05. The predicted molar refractivity (Wildman–Crippen MR) is 95.0 cm³/mol. The smallest absolute Gasteiger partial charge is 0.254 e. The Kier molecular flexibility index (Phi) is 5.71. The van der Waals surface area contributed by atoms with Crippen molar-refractivity contribution in [3.63, 3.8) is 0 Å². The highest BCUT2D eigenvalue weighted by Crippen LogP contribution is 2.25. The number of hydrogen-bond acceptors (Lipinski definition) is 4. The number of likely N-dealkylation sites (N-methyl/N-ethyl adjacent to an activating group) is 1. The lowest BCUT2D eigenvalue weighted by Crippen LogP contribution is -2.55. The summed E-state index contributed by atoms with van der Waals surface area (Å²) in [5, 5.41) is 2.92. The molecule has 1 aromatic carbocycles. The van der Waals surface area contributed by atoms with Crippen LogP contribution in [0.3, 0.4) is 0 Å². The second-order valence-electron chi connectivity index (χ2n) is 6.80. The molecular weight excluding hydrogens is 318 g/mol. The van der Waals surface area contributed by atoms with Gasteiger partial charge in [0.2, 0.25) is 5.91 Å². The quantitative estimate of drug-likeness (QED) is 0.890. The third-order valence-corrected chi connectivity index (χ3v) is 5.31. The number of nitrogens with zero attached hydrogens (tertiary/aromatic N) is 2. The van der Waals surface area contributed by atoms with Gasteiger partial charge in [-0.15, -0.1) is 0 Å². The maximum absolute atomic E-state index is 13.1. The molecule has 6 heteroatoms. The first kappa shape index (κ1) is 17.9. The number of carbonyl (C=O) groups is 2. The van der Waals surface area contributed by atoms with Crippen LogP contribution in [0.4, 0.5) is 0 Å². The summed E-state index contributed by atoms with van der Waals surface area (Å²) in [6, 6.07) is 9.35. The molecule has 2 atom stereocenters. The van der Waals surface area contributed by atoms with Gasteiger partial charge in [0, 0.05) is 26.2 Å². The monoisotopic (exact) mass is 345 g/mol. The summed E-state index contributed by atoms with van der Waals surface area (Å²) < 4.78 is 5.66. The molecule has 0 bridgehead atoms. The molecule has 1 N–H and O–H groups in total. The van der Waals surface area contributed by atoms with Gasteiger partial charge in [-0.05, 0) is 24.9 Å². The molecule has 2 aliphatic rings. The van der Waals surface area contributed by atoms with Crippen molar-refractivity contribution in [1.29, 1.82) is 0 Å². The zero-order valence-electron chi connectivity index (χ0n) is 15.0. The van der Waals surface area contributed by atoms with Crippen molar-refractivity contribution < 1.29 is 14.3 Å². The number of hydrogen-bond donors (Lipinski definition) is 1. The van der Waals surface area contributed by atoms with Crippen molar-refractivity contribution in [2.45, 2.75) is 38.0 Å². The van der Waals surface area contributed by atoms with Crippen molar-refractivity contribution in [2.24, 2.45) is 0 Å². The summed E-state index contributed by atoms with van der Waals surface area (Å²) in [5.41, 5.74) is 0.892. The number of rotatable bonds is 4. The van der Waals surface area contributed by atoms with Crippen LogP contribution in [0.5, 0.6) is 0 Å². The number of carbonyl (C=O) groups excluding carboxylic acids is 2. The Balaban J connectivity index is 1.71. The van der Waals surface area contributed by atoms with Crippen molar-refractivity contribution in [3.05, 3.63) is 35.9 Å². The number of benzene rings is 1. The molecule has 2 amide bonds. The van der Waals surface area contributed by atoms with E-state index < -0.39 is 12.1 Å². The Morgan fingerprint density at radius 3 is 2.60 bits per heavy atom. The van der Waals surface area contributed by atoms with Crippen LogP contribution in [0.2, 0.25) is 0 Å². The summed E-state index contributed by atoms with van der Waals surface area (Å²) in [7, 11) is 1.86. The van der Waals surface area contributed by atoms with Crippen molar-refractivity contribution in [1.82, 2.24) is 15.1 Å². The van der Waals surface area contributed by atoms with E-state index in [1.54, 1.807) is 0 Å². The van der Waals surface area contributed by atoms with Gasteiger partial charge in [0.05, 0.1) is 6.04 Å². The molecule has 0 radical (unpaired) electrons. The van der Waals surface area contributed by atoms with Crippen molar-refractivity contribution in [2.75, 3.05) is 33.3 Å². The minimum atomic E-state index is -0.672. The molecule has 3 rings (SSSR count). The van der Waals surface area contributed by atoms with E-state index >= 15 is 0 Å². The molecular formula is C19H27N3O3. The maximum Gasteiger partial charge on any atom is 0.254 e. The molecule has 2 saturated heterocycles. The number of ether oxygens (including phenoxy) is 1. The fourth-order valence-electron chi connectivity index (χ4n) is 3.69. The van der Waals surface area contributed by atoms with Crippen molar-refractivity contribution in [3.8, 4) is 0 Å². The SMILES string of the molecule is CCN1CCC(N(C)C(=O)[C@H]2OCC(=O)N[C@@H]2c2ccccc2)CC1. The molecule has 6 nitrogen and oxygen atoms in total. The van der Waals surface area contributed by atoms with Crippen LogP contribution in [-0.2, 0) is 14.3 Å². The molecule has 0 spiro atoms. The third-order valence-electron chi connectivity index (χ3n) is 5.31. The lowest BCUT2D eigenvalue weighted by atomic mass is 9.97. The Hall–Kier alpha value is -1.92. The van der Waals surface area contributed by atoms with Gasteiger partial charge in [-0.1, -0.05) is 37.3 Å². The number of likely N-dealkylation sites (tertiary alicyclic amines) is 1. The molecule has 2 fully saturated rings. The summed E-state index contributed by atoms with van der Waals surface area (Å²) in [6.45, 7) is 5.19. The molecule has 0 aromatic heterocycles. The molecule has 0 unspecified atom stereocenters. The fourth-order valence-corrected chi connectivity index (χ4v) is 3.69. The number of amides is 2. The zero-order valence-corrected chi connectivity index (χ0v) is 15.0. The van der Waals surface area contributed by atoms with Gasteiger partial charge < -0.3 is 19.9 Å². The average Bonchev–Trinajstić information content (AvgIpc) is 2.67. The summed E-state index contributed by atoms with van der Waals surface area (Å²) in [6.07, 6.45) is 1.28. The van der Waals surface area contributed by atoms with Crippen molar-refractivity contribution >= 4 is 11.8 Å². The standard InChI is InChI=1S/C19H27N3O3/c1-3-22-11-9-15(10-12-22)21(2)19(24)18-17(20-16(23)13-25-18)14-7-5-4-6-8-14/h4-8,15,17-18H,3,9-13H2,1-2H3,(H,20,23)/t17-,18+/m1/s1. The van der Waals surface area contributed by atoms with Crippen LogP contribution in [0.15, 0.2) is 30.3 Å². The Bertz CT molecular complexity index is 599. The van der Waals surface area contributed by atoms with Crippen LogP contribution < -0.4 is 5.32 Å². The number of nitrogens with one attached hydrogen (secondary N) is 1. The van der Waals surface area contributed by atoms with E-state index in [1.165, 1.54) is 0 Å². The minimum Gasteiger partial charge on any atom is -0.356 e. The van der Waals surface area contributed by atoms with E-state index in [9.17, 15) is 9.59 Å². The highest BCUT2D eigenvalue weighted by atomic mass is 16.5. The molecule has 1 aromatic rings. The molecule has 136 valence electrons. The third kappa shape index (κ3) is 4.02. The summed E-state index contributed by atoms with van der Waals surface area (Å²) in [5.74, 6) is -0.236. The van der Waals surface area contributed by atoms with Gasteiger partial charge in [0.25, 0.3) is 5.91 Å². The van der Waals surface area contributed by atoms with Crippen LogP contribution in [0, 0.1) is 0 Å². The number of piperidine rings is 1. The highest BCUT2D eigenvalue weighted by Gasteiger charge is 2.39. The van der Waals surface area contributed by atoms with Gasteiger partial charge in [0.1, 0.15) is 6.61 Å². The first-order valence-corrected chi connectivity index (χ1v) is 9.05. The first-order chi connectivity index (χ1) is 12.1. The summed E-state index contributed by atoms with van der Waals surface area (Å²) in [4.78, 5) is 29.1. The molecule has 0 aliphatic carbocycles. The predicted octanol–water partition coefficient (Wildman–Crippen LogP) is 1.19. The van der Waals surface area contributed by atoms with Gasteiger partial charge in [-0.2, -0.15) is 0 Å². The van der Waals surface area contributed by atoms with E-state index in [-0.39, 0.29) is 24.5 Å². The normalized spacial score (nSPS) is 25.4. The lowest BCUT2D eigenvalue weighted by molar-refractivity contribution is -0.156. The lowest BCUT2D eigenvalue weighted by Gasteiger charge is -2.40. The van der Waals surface area contributed by atoms with Gasteiger partial charge in [-0.25, -0.2) is 0 Å². The van der Waals surface area contributed by atoms with E-state index in [2.05, 4.69) is 17.1 Å². The Morgan fingerprint density at radius 2 is 1.96 bits per heavy atom. The number of morpholine rings is 1. The van der Waals surface area contributed by atoms with Gasteiger partial charge >= 0.3 is 0 Å². The second kappa shape index (κ2) is 7.97. The molecule has 0 saturated carbocycles. The van der Waals surface area contributed by atoms with E-state index in [4.69, 9.17) is 4.74 Å². The van der Waals surface area contributed by atoms with Gasteiger partial charge in [0.15, 0.2) is 6.10 Å². The molecule has 2 aliphatic heterocycles. The largest absolute Gasteiger partial charge is 0.356 e. The molecule has 25 heavy (non-hydrogen) atoms. The molecule has 2 heterocycles. The van der Waals surface area contributed by atoms with E-state index in [1.807, 2.05) is 42.3 Å². The van der Waals surface area contributed by atoms with Crippen LogP contribution in [0.25, 0.3) is 0 Å². The highest BCUT2D eigenvalue weighted by molar-refractivity contribution is 5.86. The van der Waals surface area contributed by atoms with Crippen LogP contribution in [0.1, 0.15) is 31.4 Å². The fraction of sp³-hybridized carbons (Fsp3) is 0.579. The average molecular weight is 345 g/mol. The van der Waals surface area contributed by atoms with Crippen LogP contribution in [-0.4, -0.2) is 67.0 Å². The van der Waals surface area contributed by atoms with E-state index in [0.717, 1.165) is 38.0 Å². The van der Waals surface area contributed by atoms with Crippen LogP contribution >= 0.6 is 0 Å². The minimum absolute atomic E-state index is 0.0520. The van der Waals surface area contributed by atoms with Gasteiger partial charge in [-0.3, -0.25) is 9.59 Å². The van der Waals surface area contributed by atoms with E-state index in [0.29, 0.717) is 0 Å². The second-order valence-corrected chi connectivity index (χ2v) is 6.80. The Morgan fingerprint density at radius 1 is 1.28 bits per heavy atom. The summed E-state index contributed by atoms with van der Waals surface area (Å²) >= 11 is 0. The zero-order chi connectivity index (χ0) is 17.8. The Labute approximate surface area is 149 Å². The maximum atomic E-state index is 13.1.